The van der Waals surface area contributed by atoms with Crippen molar-refractivity contribution in [2.75, 3.05) is 11.9 Å². The molecule has 0 spiro atoms. The number of nitrogens with one attached hydrogen (secondary N) is 2. The van der Waals surface area contributed by atoms with Gasteiger partial charge in [0, 0.05) is 12.7 Å². The van der Waals surface area contributed by atoms with E-state index in [9.17, 15) is 14.9 Å². The molecule has 2 aromatic rings. The molecule has 28 heavy (non-hydrogen) atoms. The van der Waals surface area contributed by atoms with Crippen LogP contribution in [0.4, 0.5) is 5.69 Å². The van der Waals surface area contributed by atoms with Gasteiger partial charge in [0.15, 0.2) is 0 Å². The highest BCUT2D eigenvalue weighted by atomic mass is 16.5. The second kappa shape index (κ2) is 11.2. The van der Waals surface area contributed by atoms with E-state index in [2.05, 4.69) is 10.6 Å². The van der Waals surface area contributed by atoms with Gasteiger partial charge in [-0.05, 0) is 24.1 Å². The van der Waals surface area contributed by atoms with Crippen molar-refractivity contribution in [3.63, 3.8) is 0 Å². The molecule has 0 aliphatic rings. The number of para-hydroxylation sites is 1. The van der Waals surface area contributed by atoms with Crippen LogP contribution in [-0.2, 0) is 16.1 Å². The zero-order valence-electron chi connectivity index (χ0n) is 15.8. The standard InChI is InChI=1S/C22H23N3O3/c1-2-3-13-28-22(27)19-11-7-8-12-20(19)24-16-18(14-23)21(26)25-15-17-9-5-4-6-10-17/h4-12,16,24H,2-3,13,15H2,1H3,(H,25,26)/b18-16-. The Morgan fingerprint density at radius 3 is 2.54 bits per heavy atom. The Morgan fingerprint density at radius 2 is 1.82 bits per heavy atom. The maximum Gasteiger partial charge on any atom is 0.340 e. The van der Waals surface area contributed by atoms with Crippen LogP contribution in [0.1, 0.15) is 35.7 Å². The number of esters is 1. The molecule has 0 heterocycles. The minimum atomic E-state index is -0.498. The van der Waals surface area contributed by atoms with Crippen molar-refractivity contribution < 1.29 is 14.3 Å². The number of unbranched alkanes of at least 4 members (excludes halogenated alkanes) is 1. The van der Waals surface area contributed by atoms with E-state index >= 15 is 0 Å². The second-order valence-corrected chi connectivity index (χ2v) is 6.02. The zero-order chi connectivity index (χ0) is 20.2. The second-order valence-electron chi connectivity index (χ2n) is 6.02. The van der Waals surface area contributed by atoms with Crippen LogP contribution in [0.2, 0.25) is 0 Å². The van der Waals surface area contributed by atoms with Crippen molar-refractivity contribution in [1.29, 1.82) is 5.26 Å². The van der Waals surface area contributed by atoms with E-state index in [-0.39, 0.29) is 5.57 Å². The van der Waals surface area contributed by atoms with E-state index in [1.807, 2.05) is 43.3 Å². The van der Waals surface area contributed by atoms with Crippen molar-refractivity contribution in [2.24, 2.45) is 0 Å². The van der Waals surface area contributed by atoms with Gasteiger partial charge in [0.1, 0.15) is 11.6 Å². The monoisotopic (exact) mass is 377 g/mol. The smallest absolute Gasteiger partial charge is 0.340 e. The molecule has 144 valence electrons. The van der Waals surface area contributed by atoms with Gasteiger partial charge >= 0.3 is 5.97 Å². The van der Waals surface area contributed by atoms with Crippen molar-refractivity contribution in [3.8, 4) is 6.07 Å². The molecular weight excluding hydrogens is 354 g/mol. The average Bonchev–Trinajstić information content (AvgIpc) is 2.73. The van der Waals surface area contributed by atoms with Crippen LogP contribution in [0.5, 0.6) is 0 Å². The SMILES string of the molecule is CCCCOC(=O)c1ccccc1N/C=C(/C#N)C(=O)NCc1ccccc1. The fourth-order valence-corrected chi connectivity index (χ4v) is 2.35. The third kappa shape index (κ3) is 6.29. The normalized spacial score (nSPS) is 10.6. The Hall–Kier alpha value is -3.59. The quantitative estimate of drug-likeness (QED) is 0.300. The summed E-state index contributed by atoms with van der Waals surface area (Å²) in [5, 5.41) is 14.8. The molecule has 2 N–H and O–H groups in total. The molecule has 0 aliphatic carbocycles. The van der Waals surface area contributed by atoms with Crippen LogP contribution >= 0.6 is 0 Å². The van der Waals surface area contributed by atoms with Gasteiger partial charge in [-0.15, -0.1) is 0 Å². The van der Waals surface area contributed by atoms with E-state index in [1.165, 1.54) is 6.20 Å². The topological polar surface area (TPSA) is 91.2 Å². The van der Waals surface area contributed by atoms with Crippen molar-refractivity contribution in [2.45, 2.75) is 26.3 Å². The largest absolute Gasteiger partial charge is 0.462 e. The predicted molar refractivity (Wildman–Crippen MR) is 107 cm³/mol. The van der Waals surface area contributed by atoms with E-state index in [0.717, 1.165) is 18.4 Å². The van der Waals surface area contributed by atoms with Gasteiger partial charge in [0.2, 0.25) is 0 Å². The first kappa shape index (κ1) is 20.7. The molecule has 0 aromatic heterocycles. The minimum absolute atomic E-state index is 0.0925. The van der Waals surface area contributed by atoms with Crippen LogP contribution in [0, 0.1) is 11.3 Å². The zero-order valence-corrected chi connectivity index (χ0v) is 15.8. The minimum Gasteiger partial charge on any atom is -0.462 e. The Morgan fingerprint density at radius 1 is 1.11 bits per heavy atom. The number of anilines is 1. The number of hydrogen-bond acceptors (Lipinski definition) is 5. The lowest BCUT2D eigenvalue weighted by molar-refractivity contribution is -0.117. The van der Waals surface area contributed by atoms with Crippen LogP contribution in [-0.4, -0.2) is 18.5 Å². The Balaban J connectivity index is 2.03. The van der Waals surface area contributed by atoms with Crippen LogP contribution in [0.3, 0.4) is 0 Å². The lowest BCUT2D eigenvalue weighted by Gasteiger charge is -2.10. The van der Waals surface area contributed by atoms with Gasteiger partial charge in [-0.25, -0.2) is 4.79 Å². The summed E-state index contributed by atoms with van der Waals surface area (Å²) in [4.78, 5) is 24.4. The molecule has 0 radical (unpaired) electrons. The Labute approximate surface area is 164 Å². The summed E-state index contributed by atoms with van der Waals surface area (Å²) in [5.74, 6) is -0.946. The third-order valence-electron chi connectivity index (χ3n) is 3.91. The maximum absolute atomic E-state index is 12.2. The first-order chi connectivity index (χ1) is 13.7. The van der Waals surface area contributed by atoms with Crippen molar-refractivity contribution in [1.82, 2.24) is 5.32 Å². The van der Waals surface area contributed by atoms with Crippen LogP contribution in [0.15, 0.2) is 66.4 Å². The summed E-state index contributed by atoms with van der Waals surface area (Å²) in [6.07, 6.45) is 3.01. The lowest BCUT2D eigenvalue weighted by Crippen LogP contribution is -2.24. The molecule has 6 heteroatoms. The molecule has 0 bridgehead atoms. The lowest BCUT2D eigenvalue weighted by atomic mass is 10.1. The molecule has 6 nitrogen and oxygen atoms in total. The van der Waals surface area contributed by atoms with E-state index in [1.54, 1.807) is 24.3 Å². The highest BCUT2D eigenvalue weighted by Gasteiger charge is 2.13. The molecule has 2 aromatic carbocycles. The number of carbonyl (C=O) groups is 2. The van der Waals surface area contributed by atoms with Gasteiger partial charge in [0.25, 0.3) is 5.91 Å². The molecule has 1 amide bonds. The van der Waals surface area contributed by atoms with Gasteiger partial charge in [-0.1, -0.05) is 55.8 Å². The molecule has 0 aliphatic heterocycles. The Kier molecular flexibility index (Phi) is 8.28. The molecule has 0 unspecified atom stereocenters. The van der Waals surface area contributed by atoms with Crippen LogP contribution < -0.4 is 10.6 Å². The number of benzene rings is 2. The van der Waals surface area contributed by atoms with Crippen LogP contribution in [0.25, 0.3) is 0 Å². The number of amides is 1. The van der Waals surface area contributed by atoms with Gasteiger partial charge in [-0.2, -0.15) is 5.26 Å². The summed E-state index contributed by atoms with van der Waals surface area (Å²) in [6.45, 7) is 2.68. The summed E-state index contributed by atoms with van der Waals surface area (Å²) < 4.78 is 5.23. The fraction of sp³-hybridized carbons (Fsp3) is 0.227. The number of rotatable bonds is 9. The average molecular weight is 377 g/mol. The first-order valence-corrected chi connectivity index (χ1v) is 9.10. The number of nitriles is 1. The number of hydrogen-bond donors (Lipinski definition) is 2. The van der Waals surface area contributed by atoms with E-state index in [4.69, 9.17) is 4.74 Å². The third-order valence-corrected chi connectivity index (χ3v) is 3.91. The molecule has 0 saturated carbocycles. The predicted octanol–water partition coefficient (Wildman–Crippen LogP) is 3.78. The molecule has 0 saturated heterocycles. The Bertz CT molecular complexity index is 870. The molecular formula is C22H23N3O3. The summed E-state index contributed by atoms with van der Waals surface area (Å²) in [6, 6.07) is 18.1. The summed E-state index contributed by atoms with van der Waals surface area (Å²) in [5.41, 5.74) is 1.65. The number of nitrogens with zero attached hydrogens (tertiary/aromatic N) is 1. The molecule has 2 rings (SSSR count). The maximum atomic E-state index is 12.2. The molecule has 0 fully saturated rings. The highest BCUT2D eigenvalue weighted by molar-refractivity contribution is 5.98. The van der Waals surface area contributed by atoms with Crippen molar-refractivity contribution >= 4 is 17.6 Å². The van der Waals surface area contributed by atoms with Gasteiger partial charge in [-0.3, -0.25) is 4.79 Å². The summed E-state index contributed by atoms with van der Waals surface area (Å²) in [7, 11) is 0. The van der Waals surface area contributed by atoms with Crippen molar-refractivity contribution in [3.05, 3.63) is 77.5 Å². The highest BCUT2D eigenvalue weighted by Crippen LogP contribution is 2.17. The van der Waals surface area contributed by atoms with Gasteiger partial charge in [0.05, 0.1) is 17.9 Å². The molecule has 0 atom stereocenters. The van der Waals surface area contributed by atoms with E-state index in [0.29, 0.717) is 24.4 Å². The first-order valence-electron chi connectivity index (χ1n) is 9.10. The van der Waals surface area contributed by atoms with Gasteiger partial charge < -0.3 is 15.4 Å². The number of ether oxygens (including phenoxy) is 1. The fourth-order valence-electron chi connectivity index (χ4n) is 2.35. The summed E-state index contributed by atoms with van der Waals surface area (Å²) >= 11 is 0. The number of carbonyl (C=O) groups excluding carboxylic acids is 2. The van der Waals surface area contributed by atoms with E-state index < -0.39 is 11.9 Å².